The van der Waals surface area contributed by atoms with Crippen molar-refractivity contribution < 1.29 is 23.8 Å². The van der Waals surface area contributed by atoms with Gasteiger partial charge < -0.3 is 19.5 Å². The van der Waals surface area contributed by atoms with Gasteiger partial charge in [0.05, 0.1) is 12.8 Å². The smallest absolute Gasteiger partial charge is 0.344 e. The lowest BCUT2D eigenvalue weighted by Crippen LogP contribution is -2.31. The van der Waals surface area contributed by atoms with Crippen LogP contribution in [0.4, 0.5) is 5.69 Å². The van der Waals surface area contributed by atoms with Crippen LogP contribution in [0.1, 0.15) is 18.1 Å². The van der Waals surface area contributed by atoms with Gasteiger partial charge in [0.2, 0.25) is 0 Å². The number of ether oxygens (including phenoxy) is 3. The van der Waals surface area contributed by atoms with E-state index >= 15 is 0 Å². The van der Waals surface area contributed by atoms with Gasteiger partial charge in [-0.05, 0) is 56.2 Å². The van der Waals surface area contributed by atoms with Crippen molar-refractivity contribution in [3.63, 3.8) is 0 Å². The number of aryl methyl sites for hydroxylation is 2. The third-order valence-electron chi connectivity index (χ3n) is 3.88. The molecule has 6 heteroatoms. The van der Waals surface area contributed by atoms with Crippen molar-refractivity contribution in [3.8, 4) is 11.5 Å². The minimum atomic E-state index is -0.962. The van der Waals surface area contributed by atoms with Crippen molar-refractivity contribution in [3.05, 3.63) is 53.6 Å². The first kappa shape index (κ1) is 19.3. The molecule has 0 aromatic heterocycles. The quantitative estimate of drug-likeness (QED) is 0.770. The summed E-state index contributed by atoms with van der Waals surface area (Å²) in [5, 5.41) is 2.67. The van der Waals surface area contributed by atoms with E-state index in [1.165, 1.54) is 14.0 Å². The van der Waals surface area contributed by atoms with E-state index in [1.807, 2.05) is 26.0 Å². The largest absolute Gasteiger partial charge is 0.495 e. The highest BCUT2D eigenvalue weighted by molar-refractivity contribution is 5.96. The second-order valence-corrected chi connectivity index (χ2v) is 5.86. The summed E-state index contributed by atoms with van der Waals surface area (Å²) in [5.41, 5.74) is 2.72. The number of anilines is 1. The number of carbonyl (C=O) groups is 2. The molecule has 0 bridgehead atoms. The maximum atomic E-state index is 12.2. The van der Waals surface area contributed by atoms with Gasteiger partial charge in [0.15, 0.2) is 12.7 Å². The standard InChI is InChI=1S/C20H23NO5/c1-13-9-10-16(11-14(13)2)25-12-19(22)26-15(3)20(23)21-17-7-5-6-8-18(17)24-4/h5-11,15H,12H2,1-4H3,(H,21,23)/t15-/m1/s1. The third kappa shape index (κ3) is 5.24. The highest BCUT2D eigenvalue weighted by atomic mass is 16.6. The molecule has 1 atom stereocenters. The fourth-order valence-corrected chi connectivity index (χ4v) is 2.21. The van der Waals surface area contributed by atoms with E-state index in [4.69, 9.17) is 14.2 Å². The summed E-state index contributed by atoms with van der Waals surface area (Å²) in [6.45, 7) is 5.19. The molecule has 0 unspecified atom stereocenters. The molecule has 0 aliphatic rings. The highest BCUT2D eigenvalue weighted by Crippen LogP contribution is 2.23. The van der Waals surface area contributed by atoms with E-state index in [1.54, 1.807) is 30.3 Å². The molecule has 1 N–H and O–H groups in total. The number of esters is 1. The van der Waals surface area contributed by atoms with Gasteiger partial charge in [-0.3, -0.25) is 4.79 Å². The van der Waals surface area contributed by atoms with Gasteiger partial charge in [0, 0.05) is 0 Å². The normalized spacial score (nSPS) is 11.4. The first-order chi connectivity index (χ1) is 12.4. The average Bonchev–Trinajstić information content (AvgIpc) is 2.63. The van der Waals surface area contributed by atoms with Gasteiger partial charge in [0.25, 0.3) is 5.91 Å². The van der Waals surface area contributed by atoms with Gasteiger partial charge in [-0.15, -0.1) is 0 Å². The van der Waals surface area contributed by atoms with Crippen molar-refractivity contribution in [2.24, 2.45) is 0 Å². The second kappa shape index (κ2) is 8.89. The van der Waals surface area contributed by atoms with Crippen LogP contribution < -0.4 is 14.8 Å². The molecule has 0 aliphatic carbocycles. The van der Waals surface area contributed by atoms with E-state index in [9.17, 15) is 9.59 Å². The molecule has 6 nitrogen and oxygen atoms in total. The van der Waals surface area contributed by atoms with E-state index in [0.29, 0.717) is 17.2 Å². The Hall–Kier alpha value is -3.02. The van der Waals surface area contributed by atoms with Gasteiger partial charge in [0.1, 0.15) is 11.5 Å². The first-order valence-electron chi connectivity index (χ1n) is 8.24. The fourth-order valence-electron chi connectivity index (χ4n) is 2.21. The monoisotopic (exact) mass is 357 g/mol. The van der Waals surface area contributed by atoms with E-state index in [-0.39, 0.29) is 6.61 Å². The number of methoxy groups -OCH3 is 1. The van der Waals surface area contributed by atoms with Gasteiger partial charge in [-0.1, -0.05) is 18.2 Å². The number of hydrogen-bond acceptors (Lipinski definition) is 5. The number of para-hydroxylation sites is 2. The van der Waals surface area contributed by atoms with E-state index < -0.39 is 18.0 Å². The van der Waals surface area contributed by atoms with Gasteiger partial charge >= 0.3 is 5.97 Å². The van der Waals surface area contributed by atoms with Crippen LogP contribution in [-0.4, -0.2) is 31.7 Å². The predicted molar refractivity (Wildman–Crippen MR) is 98.6 cm³/mol. The van der Waals surface area contributed by atoms with Crippen LogP contribution in [0.2, 0.25) is 0 Å². The molecule has 2 rings (SSSR count). The van der Waals surface area contributed by atoms with Crippen LogP contribution in [0, 0.1) is 13.8 Å². The summed E-state index contributed by atoms with van der Waals surface area (Å²) >= 11 is 0. The second-order valence-electron chi connectivity index (χ2n) is 5.86. The van der Waals surface area contributed by atoms with Crippen molar-refractivity contribution >= 4 is 17.6 Å². The lowest BCUT2D eigenvalue weighted by atomic mass is 10.1. The van der Waals surface area contributed by atoms with E-state index in [2.05, 4.69) is 5.32 Å². The number of nitrogens with one attached hydrogen (secondary N) is 1. The Morgan fingerprint density at radius 2 is 1.81 bits per heavy atom. The zero-order valence-corrected chi connectivity index (χ0v) is 15.4. The van der Waals surface area contributed by atoms with Crippen LogP contribution in [-0.2, 0) is 14.3 Å². The Labute approximate surface area is 153 Å². The zero-order chi connectivity index (χ0) is 19.1. The number of hydrogen-bond donors (Lipinski definition) is 1. The third-order valence-corrected chi connectivity index (χ3v) is 3.88. The number of carbonyl (C=O) groups excluding carboxylic acids is 2. The molecule has 138 valence electrons. The zero-order valence-electron chi connectivity index (χ0n) is 15.4. The van der Waals surface area contributed by atoms with Crippen LogP contribution >= 0.6 is 0 Å². The summed E-state index contributed by atoms with van der Waals surface area (Å²) in [6.07, 6.45) is -0.962. The molecular weight excluding hydrogens is 334 g/mol. The molecule has 2 aromatic rings. The van der Waals surface area contributed by atoms with Crippen molar-refractivity contribution in [2.45, 2.75) is 26.9 Å². The molecule has 0 heterocycles. The Balaban J connectivity index is 1.85. The number of benzene rings is 2. The maximum Gasteiger partial charge on any atom is 0.344 e. The van der Waals surface area contributed by atoms with Gasteiger partial charge in [-0.25, -0.2) is 4.79 Å². The Bertz CT molecular complexity index is 788. The molecule has 0 saturated heterocycles. The minimum absolute atomic E-state index is 0.269. The number of amides is 1. The topological polar surface area (TPSA) is 73.9 Å². The molecule has 0 radical (unpaired) electrons. The molecule has 0 aliphatic heterocycles. The Kier molecular flexibility index (Phi) is 6.60. The molecule has 0 saturated carbocycles. The van der Waals surface area contributed by atoms with Crippen LogP contribution in [0.25, 0.3) is 0 Å². The molecule has 1 amide bonds. The summed E-state index contributed by atoms with van der Waals surface area (Å²) in [6, 6.07) is 12.5. The molecular formula is C20H23NO5. The molecule has 0 spiro atoms. The predicted octanol–water partition coefficient (Wildman–Crippen LogP) is 3.26. The summed E-state index contributed by atoms with van der Waals surface area (Å²) < 4.78 is 15.7. The van der Waals surface area contributed by atoms with Crippen molar-refractivity contribution in [1.29, 1.82) is 0 Å². The fraction of sp³-hybridized carbons (Fsp3) is 0.300. The maximum absolute atomic E-state index is 12.2. The molecule has 26 heavy (non-hydrogen) atoms. The van der Waals surface area contributed by atoms with Crippen LogP contribution in [0.15, 0.2) is 42.5 Å². The molecule has 2 aromatic carbocycles. The van der Waals surface area contributed by atoms with E-state index in [0.717, 1.165) is 11.1 Å². The summed E-state index contributed by atoms with van der Waals surface area (Å²) in [7, 11) is 1.51. The SMILES string of the molecule is COc1ccccc1NC(=O)[C@@H](C)OC(=O)COc1ccc(C)c(C)c1. The lowest BCUT2D eigenvalue weighted by Gasteiger charge is -2.15. The number of rotatable bonds is 7. The highest BCUT2D eigenvalue weighted by Gasteiger charge is 2.19. The van der Waals surface area contributed by atoms with Crippen molar-refractivity contribution in [2.75, 3.05) is 19.0 Å². The first-order valence-corrected chi connectivity index (χ1v) is 8.24. The molecule has 0 fully saturated rings. The minimum Gasteiger partial charge on any atom is -0.495 e. The Morgan fingerprint density at radius 3 is 2.50 bits per heavy atom. The van der Waals surface area contributed by atoms with Gasteiger partial charge in [-0.2, -0.15) is 0 Å². The average molecular weight is 357 g/mol. The lowest BCUT2D eigenvalue weighted by molar-refractivity contribution is -0.155. The summed E-state index contributed by atoms with van der Waals surface area (Å²) in [4.78, 5) is 24.1. The van der Waals surface area contributed by atoms with Crippen LogP contribution in [0.3, 0.4) is 0 Å². The summed E-state index contributed by atoms with van der Waals surface area (Å²) in [5.74, 6) is 0.0357. The Morgan fingerprint density at radius 1 is 1.08 bits per heavy atom. The van der Waals surface area contributed by atoms with Crippen LogP contribution in [0.5, 0.6) is 11.5 Å². The van der Waals surface area contributed by atoms with Crippen molar-refractivity contribution in [1.82, 2.24) is 0 Å².